The van der Waals surface area contributed by atoms with Gasteiger partial charge in [-0.3, -0.25) is 9.89 Å². The average Bonchev–Trinajstić information content (AvgIpc) is 3.31. The van der Waals surface area contributed by atoms with E-state index in [4.69, 9.17) is 14.2 Å². The number of methoxy groups -OCH3 is 1. The van der Waals surface area contributed by atoms with Crippen molar-refractivity contribution in [2.45, 2.75) is 19.1 Å². The number of ether oxygens (including phenoxy) is 3. The minimum atomic E-state index is -0.0489. The first kappa shape index (κ1) is 22.4. The highest BCUT2D eigenvalue weighted by Gasteiger charge is 2.23. The van der Waals surface area contributed by atoms with Crippen LogP contribution in [0.25, 0.3) is 0 Å². The third-order valence-electron chi connectivity index (χ3n) is 5.00. The van der Waals surface area contributed by atoms with E-state index in [1.54, 1.807) is 25.5 Å². The molecule has 7 nitrogen and oxygen atoms in total. The Kier molecular flexibility index (Phi) is 8.80. The first-order valence-corrected chi connectivity index (χ1v) is 11.2. The molecule has 1 fully saturated rings. The Bertz CT molecular complexity index is 778. The van der Waals surface area contributed by atoms with Gasteiger partial charge < -0.3 is 24.8 Å². The number of aliphatic imine (C=N–C) groups is 1. The van der Waals surface area contributed by atoms with E-state index >= 15 is 0 Å². The maximum atomic E-state index is 6.02. The van der Waals surface area contributed by atoms with Crippen LogP contribution in [0.2, 0.25) is 0 Å². The molecule has 1 aromatic carbocycles. The molecular formula is C22H32N4O3S. The molecule has 3 rings (SSSR count). The predicted molar refractivity (Wildman–Crippen MR) is 122 cm³/mol. The zero-order valence-electron chi connectivity index (χ0n) is 18.0. The highest BCUT2D eigenvalue weighted by atomic mass is 32.1. The van der Waals surface area contributed by atoms with Crippen LogP contribution in [0, 0.1) is 0 Å². The number of rotatable bonds is 9. The third kappa shape index (κ3) is 6.35. The highest BCUT2D eigenvalue weighted by molar-refractivity contribution is 7.10. The van der Waals surface area contributed by atoms with Gasteiger partial charge in [0.1, 0.15) is 6.10 Å². The molecule has 0 amide bonds. The van der Waals surface area contributed by atoms with Crippen molar-refractivity contribution in [1.29, 1.82) is 0 Å². The Balaban J connectivity index is 1.51. The predicted octanol–water partition coefficient (Wildman–Crippen LogP) is 2.76. The van der Waals surface area contributed by atoms with Gasteiger partial charge >= 0.3 is 0 Å². The summed E-state index contributed by atoms with van der Waals surface area (Å²) in [4.78, 5) is 8.20. The lowest BCUT2D eigenvalue weighted by Crippen LogP contribution is -2.47. The SMILES string of the molecule is CN=C(NCC(C)Oc1ccccc1OC)NCC(c1cccs1)N1CCOCC1. The van der Waals surface area contributed by atoms with Gasteiger partial charge in [-0.05, 0) is 30.5 Å². The van der Waals surface area contributed by atoms with Gasteiger partial charge in [-0.1, -0.05) is 18.2 Å². The Morgan fingerprint density at radius 3 is 2.53 bits per heavy atom. The van der Waals surface area contributed by atoms with Crippen LogP contribution in [0.15, 0.2) is 46.8 Å². The van der Waals surface area contributed by atoms with E-state index in [-0.39, 0.29) is 6.10 Å². The summed E-state index contributed by atoms with van der Waals surface area (Å²) in [6.07, 6.45) is -0.0489. The summed E-state index contributed by atoms with van der Waals surface area (Å²) >= 11 is 1.79. The third-order valence-corrected chi connectivity index (χ3v) is 5.97. The van der Waals surface area contributed by atoms with Crippen molar-refractivity contribution in [3.05, 3.63) is 46.7 Å². The summed E-state index contributed by atoms with van der Waals surface area (Å²) in [5, 5.41) is 8.98. The van der Waals surface area contributed by atoms with Crippen LogP contribution >= 0.6 is 11.3 Å². The molecule has 2 atom stereocenters. The van der Waals surface area contributed by atoms with Crippen LogP contribution in [0.3, 0.4) is 0 Å². The maximum Gasteiger partial charge on any atom is 0.191 e. The number of benzene rings is 1. The largest absolute Gasteiger partial charge is 0.493 e. The van der Waals surface area contributed by atoms with Gasteiger partial charge in [0.25, 0.3) is 0 Å². The molecule has 164 valence electrons. The average molecular weight is 433 g/mol. The van der Waals surface area contributed by atoms with Crippen LogP contribution in [0.4, 0.5) is 0 Å². The van der Waals surface area contributed by atoms with E-state index in [1.165, 1.54) is 4.88 Å². The van der Waals surface area contributed by atoms with Gasteiger partial charge in [-0.25, -0.2) is 0 Å². The van der Waals surface area contributed by atoms with Crippen molar-refractivity contribution in [1.82, 2.24) is 15.5 Å². The summed E-state index contributed by atoms with van der Waals surface area (Å²) in [5.74, 6) is 2.23. The molecule has 1 aromatic heterocycles. The summed E-state index contributed by atoms with van der Waals surface area (Å²) in [6, 6.07) is 12.3. The van der Waals surface area contributed by atoms with Crippen LogP contribution in [0.5, 0.6) is 11.5 Å². The maximum absolute atomic E-state index is 6.02. The monoisotopic (exact) mass is 432 g/mol. The molecule has 0 saturated carbocycles. The summed E-state index contributed by atoms with van der Waals surface area (Å²) in [5.41, 5.74) is 0. The van der Waals surface area contributed by atoms with E-state index < -0.39 is 0 Å². The van der Waals surface area contributed by atoms with Gasteiger partial charge in [0.15, 0.2) is 17.5 Å². The van der Waals surface area contributed by atoms with E-state index in [0.717, 1.165) is 50.3 Å². The van der Waals surface area contributed by atoms with E-state index in [9.17, 15) is 0 Å². The minimum absolute atomic E-state index is 0.0489. The fourth-order valence-corrected chi connectivity index (χ4v) is 4.27. The normalized spacial score (nSPS) is 17.2. The van der Waals surface area contributed by atoms with Crippen LogP contribution in [-0.2, 0) is 4.74 Å². The number of para-hydroxylation sites is 2. The molecule has 2 N–H and O–H groups in total. The van der Waals surface area contributed by atoms with Crippen LogP contribution in [0.1, 0.15) is 17.8 Å². The molecule has 2 aromatic rings. The van der Waals surface area contributed by atoms with Gasteiger partial charge in [0, 0.05) is 31.6 Å². The number of morpholine rings is 1. The van der Waals surface area contributed by atoms with Gasteiger partial charge in [0.2, 0.25) is 0 Å². The smallest absolute Gasteiger partial charge is 0.191 e. The molecule has 8 heteroatoms. The molecule has 0 radical (unpaired) electrons. The zero-order valence-corrected chi connectivity index (χ0v) is 18.8. The number of hydrogen-bond donors (Lipinski definition) is 2. The quantitative estimate of drug-likeness (QED) is 0.469. The van der Waals surface area contributed by atoms with Crippen molar-refractivity contribution in [3.8, 4) is 11.5 Å². The molecule has 1 aliphatic rings. The molecule has 0 spiro atoms. The Morgan fingerprint density at radius 2 is 1.87 bits per heavy atom. The highest BCUT2D eigenvalue weighted by Crippen LogP contribution is 2.27. The molecule has 0 aliphatic carbocycles. The Labute approximate surface area is 183 Å². The lowest BCUT2D eigenvalue weighted by atomic mass is 10.2. The molecule has 2 heterocycles. The Morgan fingerprint density at radius 1 is 1.13 bits per heavy atom. The van der Waals surface area contributed by atoms with Crippen LogP contribution in [-0.4, -0.2) is 70.5 Å². The molecule has 1 aliphatic heterocycles. The second kappa shape index (κ2) is 11.8. The topological polar surface area (TPSA) is 67.4 Å². The molecule has 0 bridgehead atoms. The summed E-state index contributed by atoms with van der Waals surface area (Å²) in [6.45, 7) is 6.88. The first-order valence-electron chi connectivity index (χ1n) is 10.3. The van der Waals surface area contributed by atoms with E-state index in [1.807, 2.05) is 31.2 Å². The van der Waals surface area contributed by atoms with Gasteiger partial charge in [0.05, 0.1) is 32.9 Å². The summed E-state index contributed by atoms with van der Waals surface area (Å²) < 4.78 is 16.9. The number of nitrogens with zero attached hydrogens (tertiary/aromatic N) is 2. The molecule has 30 heavy (non-hydrogen) atoms. The summed E-state index contributed by atoms with van der Waals surface area (Å²) in [7, 11) is 3.44. The molecular weight excluding hydrogens is 400 g/mol. The standard InChI is InChI=1S/C22H32N4O3S/c1-17(29-20-8-5-4-7-19(20)27-3)15-24-22(23-2)25-16-18(21-9-6-14-30-21)26-10-12-28-13-11-26/h4-9,14,17-18H,10-13,15-16H2,1-3H3,(H2,23,24,25). The number of thiophene rings is 1. The fraction of sp³-hybridized carbons (Fsp3) is 0.500. The van der Waals surface area contributed by atoms with Crippen molar-refractivity contribution < 1.29 is 14.2 Å². The van der Waals surface area contributed by atoms with Crippen molar-refractivity contribution in [2.24, 2.45) is 4.99 Å². The van der Waals surface area contributed by atoms with E-state index in [0.29, 0.717) is 12.6 Å². The van der Waals surface area contributed by atoms with Crippen LogP contribution < -0.4 is 20.1 Å². The van der Waals surface area contributed by atoms with Gasteiger partial charge in [-0.15, -0.1) is 11.3 Å². The lowest BCUT2D eigenvalue weighted by Gasteiger charge is -2.34. The van der Waals surface area contributed by atoms with E-state index in [2.05, 4.69) is 38.0 Å². The zero-order chi connectivity index (χ0) is 21.2. The molecule has 2 unspecified atom stereocenters. The minimum Gasteiger partial charge on any atom is -0.493 e. The number of hydrogen-bond acceptors (Lipinski definition) is 6. The number of nitrogens with one attached hydrogen (secondary N) is 2. The second-order valence-corrected chi connectivity index (χ2v) is 8.07. The van der Waals surface area contributed by atoms with Crippen molar-refractivity contribution in [3.63, 3.8) is 0 Å². The second-order valence-electron chi connectivity index (χ2n) is 7.09. The fourth-order valence-electron chi connectivity index (χ4n) is 3.41. The lowest BCUT2D eigenvalue weighted by molar-refractivity contribution is 0.0177. The van der Waals surface area contributed by atoms with Crippen molar-refractivity contribution in [2.75, 3.05) is 53.6 Å². The number of guanidine groups is 1. The molecule has 1 saturated heterocycles. The first-order chi connectivity index (χ1) is 14.7. The van der Waals surface area contributed by atoms with Gasteiger partial charge in [-0.2, -0.15) is 0 Å². The van der Waals surface area contributed by atoms with Crippen molar-refractivity contribution >= 4 is 17.3 Å². The Hall–Kier alpha value is -2.29.